The number of imide groups is 1. The summed E-state index contributed by atoms with van der Waals surface area (Å²) in [6, 6.07) is 12.1. The second-order valence-electron chi connectivity index (χ2n) is 6.37. The largest absolute Gasteiger partial charge is 0.450 e. The molecule has 8 nitrogen and oxygen atoms in total. The van der Waals surface area contributed by atoms with E-state index in [0.29, 0.717) is 11.1 Å². The van der Waals surface area contributed by atoms with Crippen molar-refractivity contribution >= 4 is 34.6 Å². The van der Waals surface area contributed by atoms with Crippen LogP contribution in [0.3, 0.4) is 0 Å². The molecule has 0 fully saturated rings. The van der Waals surface area contributed by atoms with Crippen molar-refractivity contribution in [1.82, 2.24) is 5.32 Å². The quantitative estimate of drug-likeness (QED) is 0.658. The summed E-state index contributed by atoms with van der Waals surface area (Å²) in [6.07, 6.45) is 0. The molecule has 29 heavy (non-hydrogen) atoms. The molecule has 0 bridgehead atoms. The molecule has 1 aromatic heterocycles. The molecule has 0 saturated heterocycles. The molecule has 0 aliphatic rings. The Balaban J connectivity index is 1.57. The van der Waals surface area contributed by atoms with Crippen molar-refractivity contribution in [2.75, 3.05) is 11.9 Å². The fourth-order valence-electron chi connectivity index (χ4n) is 2.68. The van der Waals surface area contributed by atoms with Gasteiger partial charge in [-0.2, -0.15) is 0 Å². The van der Waals surface area contributed by atoms with Gasteiger partial charge in [-0.05, 0) is 37.6 Å². The standard InChI is InChI=1S/C21H18N2O6/c1-12-7-8-15(13(2)9-12)22-21(27)23-19(25)11-28-20(26)18-10-16(24)14-5-3-4-6-17(14)29-18/h3-10H,11H2,1-2H3,(H2,22,23,25,27). The van der Waals surface area contributed by atoms with Gasteiger partial charge in [0.15, 0.2) is 12.0 Å². The van der Waals surface area contributed by atoms with Crippen molar-refractivity contribution in [1.29, 1.82) is 0 Å². The third kappa shape index (κ3) is 4.86. The zero-order valence-corrected chi connectivity index (χ0v) is 15.8. The number of hydrogen-bond donors (Lipinski definition) is 2. The topological polar surface area (TPSA) is 115 Å². The van der Waals surface area contributed by atoms with E-state index in [1.54, 1.807) is 24.3 Å². The molecule has 3 aromatic rings. The average Bonchev–Trinajstić information content (AvgIpc) is 2.68. The highest BCUT2D eigenvalue weighted by Crippen LogP contribution is 2.15. The summed E-state index contributed by atoms with van der Waals surface area (Å²) in [5.74, 6) is -2.15. The monoisotopic (exact) mass is 394 g/mol. The van der Waals surface area contributed by atoms with Gasteiger partial charge in [0.2, 0.25) is 5.76 Å². The van der Waals surface area contributed by atoms with Crippen molar-refractivity contribution in [3.63, 3.8) is 0 Å². The van der Waals surface area contributed by atoms with E-state index < -0.39 is 29.9 Å². The number of nitrogens with one attached hydrogen (secondary N) is 2. The molecule has 0 saturated carbocycles. The summed E-state index contributed by atoms with van der Waals surface area (Å²) in [4.78, 5) is 47.9. The van der Waals surface area contributed by atoms with Gasteiger partial charge in [-0.15, -0.1) is 0 Å². The van der Waals surface area contributed by atoms with Crippen molar-refractivity contribution < 1.29 is 23.5 Å². The number of ether oxygens (including phenoxy) is 1. The van der Waals surface area contributed by atoms with E-state index in [0.717, 1.165) is 17.2 Å². The Morgan fingerprint density at radius 2 is 1.79 bits per heavy atom. The van der Waals surface area contributed by atoms with Crippen LogP contribution < -0.4 is 16.1 Å². The SMILES string of the molecule is Cc1ccc(NC(=O)NC(=O)COC(=O)c2cc(=O)c3ccccc3o2)c(C)c1. The Morgan fingerprint density at radius 3 is 2.55 bits per heavy atom. The van der Waals surface area contributed by atoms with Gasteiger partial charge in [0.25, 0.3) is 5.91 Å². The number of aryl methyl sites for hydroxylation is 2. The van der Waals surface area contributed by atoms with Crippen LogP contribution >= 0.6 is 0 Å². The number of fused-ring (bicyclic) bond motifs is 1. The van der Waals surface area contributed by atoms with Crippen LogP contribution in [0.2, 0.25) is 0 Å². The summed E-state index contributed by atoms with van der Waals surface area (Å²) in [6.45, 7) is 3.03. The normalized spacial score (nSPS) is 10.4. The number of benzene rings is 2. The molecule has 0 aliphatic heterocycles. The van der Waals surface area contributed by atoms with Gasteiger partial charge in [-0.3, -0.25) is 14.9 Å². The number of esters is 1. The van der Waals surface area contributed by atoms with Crippen LogP contribution in [0.25, 0.3) is 11.0 Å². The van der Waals surface area contributed by atoms with Crippen molar-refractivity contribution in [2.24, 2.45) is 0 Å². The van der Waals surface area contributed by atoms with Gasteiger partial charge >= 0.3 is 12.0 Å². The fourth-order valence-corrected chi connectivity index (χ4v) is 2.68. The van der Waals surface area contributed by atoms with E-state index >= 15 is 0 Å². The number of urea groups is 1. The molecule has 0 spiro atoms. The molecular weight excluding hydrogens is 376 g/mol. The fraction of sp³-hybridized carbons (Fsp3) is 0.143. The zero-order valence-electron chi connectivity index (χ0n) is 15.8. The van der Waals surface area contributed by atoms with E-state index in [1.807, 2.05) is 26.0 Å². The minimum Gasteiger partial charge on any atom is -0.450 e. The minimum atomic E-state index is -0.988. The molecule has 148 valence electrons. The first-order valence-electron chi connectivity index (χ1n) is 8.71. The highest BCUT2D eigenvalue weighted by molar-refractivity contribution is 6.02. The van der Waals surface area contributed by atoms with E-state index in [4.69, 9.17) is 9.15 Å². The average molecular weight is 394 g/mol. The van der Waals surface area contributed by atoms with E-state index in [1.165, 1.54) is 6.07 Å². The first-order chi connectivity index (χ1) is 13.8. The van der Waals surface area contributed by atoms with E-state index in [-0.39, 0.29) is 11.3 Å². The van der Waals surface area contributed by atoms with Gasteiger partial charge < -0.3 is 14.5 Å². The summed E-state index contributed by atoms with van der Waals surface area (Å²) >= 11 is 0. The number of hydrogen-bond acceptors (Lipinski definition) is 6. The van der Waals surface area contributed by atoms with Crippen LogP contribution in [-0.4, -0.2) is 24.5 Å². The smallest absolute Gasteiger partial charge is 0.374 e. The van der Waals surface area contributed by atoms with Crippen LogP contribution in [0.5, 0.6) is 0 Å². The molecule has 0 unspecified atom stereocenters. The van der Waals surface area contributed by atoms with Crippen molar-refractivity contribution in [3.05, 3.63) is 75.6 Å². The predicted octanol–water partition coefficient (Wildman–Crippen LogP) is 2.91. The number of rotatable bonds is 4. The number of amides is 3. The van der Waals surface area contributed by atoms with Gasteiger partial charge in [-0.1, -0.05) is 29.8 Å². The third-order valence-electron chi connectivity index (χ3n) is 4.05. The number of carbonyl (C=O) groups is 3. The van der Waals surface area contributed by atoms with E-state index in [9.17, 15) is 19.2 Å². The van der Waals surface area contributed by atoms with Gasteiger partial charge in [0, 0.05) is 11.8 Å². The lowest BCUT2D eigenvalue weighted by Crippen LogP contribution is -2.37. The second-order valence-corrected chi connectivity index (χ2v) is 6.37. The maximum absolute atomic E-state index is 12.1. The summed E-state index contributed by atoms with van der Waals surface area (Å²) in [7, 11) is 0. The van der Waals surface area contributed by atoms with Crippen LogP contribution in [0.1, 0.15) is 21.7 Å². The second kappa shape index (κ2) is 8.39. The van der Waals surface area contributed by atoms with Gasteiger partial charge in [0.05, 0.1) is 5.39 Å². The molecule has 1 heterocycles. The number of para-hydroxylation sites is 1. The summed E-state index contributed by atoms with van der Waals surface area (Å²) in [5, 5.41) is 4.93. The van der Waals surface area contributed by atoms with Crippen molar-refractivity contribution in [3.8, 4) is 0 Å². The Labute approximate surface area is 165 Å². The Morgan fingerprint density at radius 1 is 1.03 bits per heavy atom. The first kappa shape index (κ1) is 19.8. The lowest BCUT2D eigenvalue weighted by atomic mass is 10.1. The maximum Gasteiger partial charge on any atom is 0.374 e. The minimum absolute atomic E-state index is 0.226. The lowest BCUT2D eigenvalue weighted by Gasteiger charge is -2.10. The van der Waals surface area contributed by atoms with E-state index in [2.05, 4.69) is 10.6 Å². The molecular formula is C21H18N2O6. The van der Waals surface area contributed by atoms with Crippen LogP contribution in [0, 0.1) is 13.8 Å². The molecule has 2 N–H and O–H groups in total. The Hall–Kier alpha value is -3.94. The van der Waals surface area contributed by atoms with Crippen molar-refractivity contribution in [2.45, 2.75) is 13.8 Å². The lowest BCUT2D eigenvalue weighted by molar-refractivity contribution is -0.123. The molecule has 0 radical (unpaired) electrons. The summed E-state index contributed by atoms with van der Waals surface area (Å²) < 4.78 is 10.2. The highest BCUT2D eigenvalue weighted by Gasteiger charge is 2.16. The molecule has 0 atom stereocenters. The molecule has 0 aliphatic carbocycles. The third-order valence-corrected chi connectivity index (χ3v) is 4.05. The summed E-state index contributed by atoms with van der Waals surface area (Å²) in [5.41, 5.74) is 2.25. The van der Waals surface area contributed by atoms with Gasteiger partial charge in [-0.25, -0.2) is 9.59 Å². The Kier molecular flexibility index (Phi) is 5.73. The first-order valence-corrected chi connectivity index (χ1v) is 8.71. The maximum atomic E-state index is 12.1. The van der Waals surface area contributed by atoms with Crippen LogP contribution in [-0.2, 0) is 9.53 Å². The van der Waals surface area contributed by atoms with Crippen LogP contribution in [0.4, 0.5) is 10.5 Å². The molecule has 8 heteroatoms. The number of anilines is 1. The van der Waals surface area contributed by atoms with Gasteiger partial charge in [0.1, 0.15) is 5.58 Å². The molecule has 3 amide bonds. The molecule has 2 aromatic carbocycles. The Bertz CT molecular complexity index is 1170. The predicted molar refractivity (Wildman–Crippen MR) is 106 cm³/mol. The number of carbonyl (C=O) groups excluding carboxylic acids is 3. The zero-order chi connectivity index (χ0) is 21.0. The van der Waals surface area contributed by atoms with Crippen LogP contribution in [0.15, 0.2) is 57.7 Å². The highest BCUT2D eigenvalue weighted by atomic mass is 16.5. The molecule has 3 rings (SSSR count).